The van der Waals surface area contributed by atoms with Crippen LogP contribution in [-0.2, 0) is 11.2 Å². The second kappa shape index (κ2) is 9.57. The Morgan fingerprint density at radius 2 is 1.80 bits per heavy atom. The fourth-order valence-electron chi connectivity index (χ4n) is 3.79. The van der Waals surface area contributed by atoms with E-state index in [1.165, 1.54) is 12.1 Å². The first-order chi connectivity index (χ1) is 14.7. The second-order valence-corrected chi connectivity index (χ2v) is 7.54. The summed E-state index contributed by atoms with van der Waals surface area (Å²) < 4.78 is 19.0. The number of oxazole rings is 1. The van der Waals surface area contributed by atoms with Gasteiger partial charge in [0.2, 0.25) is 5.91 Å². The third-order valence-corrected chi connectivity index (χ3v) is 5.43. The van der Waals surface area contributed by atoms with Crippen LogP contribution >= 0.6 is 0 Å². The summed E-state index contributed by atoms with van der Waals surface area (Å²) in [7, 11) is 0. The number of halogens is 1. The zero-order chi connectivity index (χ0) is 20.8. The van der Waals surface area contributed by atoms with E-state index in [-0.39, 0.29) is 11.7 Å². The zero-order valence-corrected chi connectivity index (χ0v) is 17.0. The van der Waals surface area contributed by atoms with Crippen LogP contribution in [0.2, 0.25) is 0 Å². The molecule has 1 aliphatic heterocycles. The van der Waals surface area contributed by atoms with E-state index in [2.05, 4.69) is 9.88 Å². The molecule has 0 radical (unpaired) electrons. The number of anilines is 1. The molecule has 1 aliphatic rings. The van der Waals surface area contributed by atoms with Crippen molar-refractivity contribution in [3.63, 3.8) is 0 Å². The van der Waals surface area contributed by atoms with E-state index in [0.717, 1.165) is 43.1 Å². The maximum atomic E-state index is 13.1. The molecule has 1 saturated heterocycles. The van der Waals surface area contributed by atoms with Gasteiger partial charge in [-0.1, -0.05) is 30.3 Å². The van der Waals surface area contributed by atoms with E-state index in [9.17, 15) is 9.18 Å². The molecule has 0 bridgehead atoms. The van der Waals surface area contributed by atoms with Gasteiger partial charge in [-0.05, 0) is 37.1 Å². The monoisotopic (exact) mass is 407 g/mol. The van der Waals surface area contributed by atoms with Crippen LogP contribution in [0.1, 0.15) is 25.2 Å². The molecule has 1 fully saturated rings. The van der Waals surface area contributed by atoms with Gasteiger partial charge in [-0.15, -0.1) is 0 Å². The van der Waals surface area contributed by atoms with Gasteiger partial charge in [0.25, 0.3) is 0 Å². The Bertz CT molecular complexity index is 956. The van der Waals surface area contributed by atoms with Crippen molar-refractivity contribution in [3.8, 4) is 11.3 Å². The predicted molar refractivity (Wildman–Crippen MR) is 115 cm³/mol. The fraction of sp³-hybridized carbons (Fsp3) is 0.333. The van der Waals surface area contributed by atoms with E-state index < -0.39 is 0 Å². The van der Waals surface area contributed by atoms with Gasteiger partial charge < -0.3 is 14.2 Å². The summed E-state index contributed by atoms with van der Waals surface area (Å²) >= 11 is 0. The number of aromatic nitrogens is 1. The standard InChI is InChI=1S/C24H26FN3O2/c25-20-10-12-21(13-11-20)27-14-5-15-28(17-16-27)24(29)9-4-8-23-26-18-22(30-23)19-6-2-1-3-7-19/h1-3,6-7,10-13,18H,4-5,8-9,14-17H2. The molecular formula is C24H26FN3O2. The lowest BCUT2D eigenvalue weighted by Crippen LogP contribution is -2.35. The molecule has 4 rings (SSSR count). The highest BCUT2D eigenvalue weighted by Crippen LogP contribution is 2.21. The fourth-order valence-corrected chi connectivity index (χ4v) is 3.79. The third-order valence-electron chi connectivity index (χ3n) is 5.43. The van der Waals surface area contributed by atoms with Gasteiger partial charge in [-0.3, -0.25) is 4.79 Å². The minimum absolute atomic E-state index is 0.172. The summed E-state index contributed by atoms with van der Waals surface area (Å²) in [5.74, 6) is 1.36. The average Bonchev–Trinajstić information content (AvgIpc) is 3.11. The van der Waals surface area contributed by atoms with Crippen molar-refractivity contribution in [2.24, 2.45) is 0 Å². The molecule has 0 spiro atoms. The molecule has 0 atom stereocenters. The maximum absolute atomic E-state index is 13.1. The van der Waals surface area contributed by atoms with Gasteiger partial charge in [0.1, 0.15) is 5.82 Å². The number of benzene rings is 2. The average molecular weight is 407 g/mol. The minimum atomic E-state index is -0.229. The minimum Gasteiger partial charge on any atom is -0.441 e. The number of carbonyl (C=O) groups excluding carboxylic acids is 1. The number of aryl methyl sites for hydroxylation is 1. The van der Waals surface area contributed by atoms with Crippen LogP contribution in [0.4, 0.5) is 10.1 Å². The second-order valence-electron chi connectivity index (χ2n) is 7.54. The number of carbonyl (C=O) groups is 1. The number of hydrogen-bond donors (Lipinski definition) is 0. The summed E-state index contributed by atoms with van der Waals surface area (Å²) in [6.45, 7) is 3.08. The first-order valence-electron chi connectivity index (χ1n) is 10.5. The Morgan fingerprint density at radius 3 is 2.60 bits per heavy atom. The Hall–Kier alpha value is -3.15. The molecule has 0 N–H and O–H groups in total. The quantitative estimate of drug-likeness (QED) is 0.602. The molecule has 2 aromatic carbocycles. The van der Waals surface area contributed by atoms with E-state index in [0.29, 0.717) is 31.7 Å². The van der Waals surface area contributed by atoms with Crippen LogP contribution in [0.3, 0.4) is 0 Å². The smallest absolute Gasteiger partial charge is 0.222 e. The van der Waals surface area contributed by atoms with E-state index >= 15 is 0 Å². The molecule has 0 unspecified atom stereocenters. The topological polar surface area (TPSA) is 49.6 Å². The summed E-state index contributed by atoms with van der Waals surface area (Å²) in [6, 6.07) is 16.4. The summed E-state index contributed by atoms with van der Waals surface area (Å²) in [4.78, 5) is 21.2. The van der Waals surface area contributed by atoms with Gasteiger partial charge in [0.05, 0.1) is 6.20 Å². The highest BCUT2D eigenvalue weighted by Gasteiger charge is 2.19. The van der Waals surface area contributed by atoms with Crippen molar-refractivity contribution in [1.82, 2.24) is 9.88 Å². The highest BCUT2D eigenvalue weighted by atomic mass is 19.1. The van der Waals surface area contributed by atoms with Crippen molar-refractivity contribution >= 4 is 11.6 Å². The first kappa shape index (κ1) is 20.1. The van der Waals surface area contributed by atoms with Gasteiger partial charge in [-0.2, -0.15) is 0 Å². The number of nitrogens with zero attached hydrogens (tertiary/aromatic N) is 3. The molecule has 156 valence electrons. The first-order valence-corrected chi connectivity index (χ1v) is 10.5. The van der Waals surface area contributed by atoms with Crippen molar-refractivity contribution < 1.29 is 13.6 Å². The van der Waals surface area contributed by atoms with Gasteiger partial charge in [0, 0.05) is 50.3 Å². The lowest BCUT2D eigenvalue weighted by molar-refractivity contribution is -0.131. The van der Waals surface area contributed by atoms with Crippen LogP contribution in [-0.4, -0.2) is 42.0 Å². The van der Waals surface area contributed by atoms with Crippen LogP contribution < -0.4 is 4.90 Å². The molecule has 1 aromatic heterocycles. The molecule has 5 nitrogen and oxygen atoms in total. The van der Waals surface area contributed by atoms with Crippen molar-refractivity contribution in [2.75, 3.05) is 31.1 Å². The summed E-state index contributed by atoms with van der Waals surface area (Å²) in [5.41, 5.74) is 2.01. The van der Waals surface area contributed by atoms with Crippen LogP contribution in [0.5, 0.6) is 0 Å². The highest BCUT2D eigenvalue weighted by molar-refractivity contribution is 5.76. The lowest BCUT2D eigenvalue weighted by atomic mass is 10.2. The SMILES string of the molecule is O=C(CCCc1ncc(-c2ccccc2)o1)N1CCCN(c2ccc(F)cc2)CC1. The van der Waals surface area contributed by atoms with Crippen molar-refractivity contribution in [1.29, 1.82) is 0 Å². The molecule has 2 heterocycles. The summed E-state index contributed by atoms with van der Waals surface area (Å²) in [6.07, 6.45) is 4.49. The molecule has 0 aliphatic carbocycles. The molecule has 3 aromatic rings. The maximum Gasteiger partial charge on any atom is 0.222 e. The number of rotatable bonds is 6. The predicted octanol–water partition coefficient (Wildman–Crippen LogP) is 4.54. The molecule has 30 heavy (non-hydrogen) atoms. The molecule has 0 saturated carbocycles. The van der Waals surface area contributed by atoms with Crippen LogP contribution in [0.15, 0.2) is 65.2 Å². The van der Waals surface area contributed by atoms with Gasteiger partial charge in [-0.25, -0.2) is 9.37 Å². The Kier molecular flexibility index (Phi) is 6.42. The Balaban J connectivity index is 1.24. The molecule has 1 amide bonds. The Labute approximate surface area is 176 Å². The summed E-state index contributed by atoms with van der Waals surface area (Å²) in [5, 5.41) is 0. The molecular weight excluding hydrogens is 381 g/mol. The number of amides is 1. The molecule has 6 heteroatoms. The third kappa shape index (κ3) is 5.06. The largest absolute Gasteiger partial charge is 0.441 e. The number of hydrogen-bond acceptors (Lipinski definition) is 4. The van der Waals surface area contributed by atoms with Crippen LogP contribution in [0.25, 0.3) is 11.3 Å². The van der Waals surface area contributed by atoms with Gasteiger partial charge >= 0.3 is 0 Å². The van der Waals surface area contributed by atoms with Crippen molar-refractivity contribution in [2.45, 2.75) is 25.7 Å². The van der Waals surface area contributed by atoms with E-state index in [1.54, 1.807) is 18.3 Å². The lowest BCUT2D eigenvalue weighted by Gasteiger charge is -2.23. The van der Waals surface area contributed by atoms with Crippen LogP contribution in [0, 0.1) is 5.82 Å². The normalized spacial score (nSPS) is 14.6. The van der Waals surface area contributed by atoms with E-state index in [4.69, 9.17) is 4.42 Å². The van der Waals surface area contributed by atoms with Gasteiger partial charge in [0.15, 0.2) is 11.7 Å². The van der Waals surface area contributed by atoms with E-state index in [1.807, 2.05) is 35.2 Å². The van der Waals surface area contributed by atoms with Crippen molar-refractivity contribution in [3.05, 3.63) is 72.5 Å². The zero-order valence-electron chi connectivity index (χ0n) is 17.0. The Morgan fingerprint density at radius 1 is 1.00 bits per heavy atom.